The monoisotopic (exact) mass is 263 g/mol. The summed E-state index contributed by atoms with van der Waals surface area (Å²) in [5.74, 6) is 0.00386. The van der Waals surface area contributed by atoms with Crippen LogP contribution in [0.2, 0.25) is 0 Å². The highest BCUT2D eigenvalue weighted by atomic mass is 36.0. The van der Waals surface area contributed by atoms with Crippen molar-refractivity contribution in [2.75, 3.05) is 0 Å². The first kappa shape index (κ1) is 13.3. The van der Waals surface area contributed by atoms with Gasteiger partial charge in [-0.3, -0.25) is 4.98 Å². The molecule has 0 atom stereocenters. The molecule has 7 heteroatoms. The fourth-order valence-electron chi connectivity index (χ4n) is 0.485. The minimum atomic E-state index is -1.67. The molecule has 0 N–H and O–H groups in total. The Morgan fingerprint density at radius 2 is 2.00 bits per heavy atom. The van der Waals surface area contributed by atoms with E-state index in [1.165, 1.54) is 6.07 Å². The van der Waals surface area contributed by atoms with Crippen LogP contribution in [-0.4, -0.2) is 9.54 Å². The first-order chi connectivity index (χ1) is 6.06. The first-order valence-electron chi connectivity index (χ1n) is 2.97. The molecule has 74 valence electrons. The lowest BCUT2D eigenvalue weighted by molar-refractivity contribution is 0.619. The largest absolute Gasteiger partial charge is 0.582 e. The van der Waals surface area contributed by atoms with E-state index in [-0.39, 0.29) is 5.82 Å². The van der Waals surface area contributed by atoms with Crippen LogP contribution in [0.25, 0.3) is 0 Å². The zero-order valence-corrected chi connectivity index (χ0v) is 9.30. The van der Waals surface area contributed by atoms with E-state index in [2.05, 4.69) is 26.3 Å². The van der Waals surface area contributed by atoms with Crippen molar-refractivity contribution in [1.29, 1.82) is 0 Å². The van der Waals surface area contributed by atoms with Crippen molar-refractivity contribution in [3.63, 3.8) is 0 Å². The van der Waals surface area contributed by atoms with E-state index < -0.39 is 9.60 Å². The van der Waals surface area contributed by atoms with Crippen molar-refractivity contribution in [2.45, 2.75) is 5.88 Å². The highest BCUT2D eigenvalue weighted by molar-refractivity contribution is 8.31. The number of nitrogens with zero attached hydrogens (tertiary/aromatic N) is 1. The van der Waals surface area contributed by atoms with Crippen molar-refractivity contribution < 1.29 is 8.94 Å². The molecule has 0 amide bonds. The minimum Gasteiger partial charge on any atom is -0.582 e. The molecule has 0 fully saturated rings. The highest BCUT2D eigenvalue weighted by Crippen LogP contribution is 2.00. The predicted molar refractivity (Wildman–Crippen MR) is 53.6 cm³/mol. The van der Waals surface area contributed by atoms with Crippen LogP contribution >= 0.6 is 33.0 Å². The molecule has 1 heterocycles. The predicted octanol–water partition coefficient (Wildman–Crippen LogP) is 3.00. The Bertz CT molecular complexity index is 231. The Balaban J connectivity index is 0.000000310. The number of aromatic nitrogens is 1. The van der Waals surface area contributed by atoms with Gasteiger partial charge in [0.05, 0.1) is 17.8 Å². The van der Waals surface area contributed by atoms with Crippen molar-refractivity contribution >= 4 is 42.6 Å². The van der Waals surface area contributed by atoms with E-state index in [0.717, 1.165) is 6.20 Å². The van der Waals surface area contributed by atoms with Gasteiger partial charge < -0.3 is 4.55 Å². The van der Waals surface area contributed by atoms with Crippen LogP contribution in [0.4, 0.5) is 4.39 Å². The molecule has 2 nitrogen and oxygen atoms in total. The molecule has 0 saturated heterocycles. The number of hydrogen-bond acceptors (Lipinski definition) is 2. The maximum atomic E-state index is 12.1. The van der Waals surface area contributed by atoms with Gasteiger partial charge in [-0.05, 0) is 12.1 Å². The molecule has 0 saturated carbocycles. The van der Waals surface area contributed by atoms with Gasteiger partial charge >= 0.3 is 0 Å². The van der Waals surface area contributed by atoms with Crippen LogP contribution in [0.15, 0.2) is 18.3 Å². The number of rotatable bonds is 1. The summed E-state index contributed by atoms with van der Waals surface area (Å²) < 4.78 is 21.2. The van der Waals surface area contributed by atoms with E-state index in [0.29, 0.717) is 11.6 Å². The van der Waals surface area contributed by atoms with E-state index in [1.54, 1.807) is 6.07 Å². The number of hydrogen-bond donors (Lipinski definition) is 0. The van der Waals surface area contributed by atoms with Crippen molar-refractivity contribution in [3.8, 4) is 0 Å². The maximum absolute atomic E-state index is 12.1. The standard InChI is InChI=1S/C6H5ClFN.Cl2OS/c7-3-6-2-1-5(8)4-9-6;1-4(2)3/h1-2,4H,3H2;. The average Bonchev–Trinajstić information content (AvgIpc) is 2.05. The molecule has 1 aromatic heterocycles. The van der Waals surface area contributed by atoms with E-state index in [1.807, 2.05) is 0 Å². The van der Waals surface area contributed by atoms with Gasteiger partial charge in [0.25, 0.3) is 0 Å². The average molecular weight is 265 g/mol. The third-order valence-corrected chi connectivity index (χ3v) is 1.20. The molecule has 0 aromatic carbocycles. The number of alkyl halides is 1. The van der Waals surface area contributed by atoms with Gasteiger partial charge in [0.1, 0.15) is 5.82 Å². The fraction of sp³-hybridized carbons (Fsp3) is 0.167. The Kier molecular flexibility index (Phi) is 7.80. The van der Waals surface area contributed by atoms with Gasteiger partial charge in [0, 0.05) is 0 Å². The molecule has 13 heavy (non-hydrogen) atoms. The molecule has 0 aliphatic heterocycles. The lowest BCUT2D eigenvalue weighted by Gasteiger charge is -1.90. The Hall–Kier alpha value is 0.260. The van der Waals surface area contributed by atoms with Gasteiger partial charge in [0.2, 0.25) is 0 Å². The third kappa shape index (κ3) is 8.59. The highest BCUT2D eigenvalue weighted by Gasteiger charge is 1.90. The van der Waals surface area contributed by atoms with Crippen LogP contribution in [0, 0.1) is 5.82 Å². The Labute approximate surface area is 92.2 Å². The van der Waals surface area contributed by atoms with Crippen LogP contribution in [0.1, 0.15) is 5.69 Å². The summed E-state index contributed by atoms with van der Waals surface area (Å²) in [5.41, 5.74) is 0.693. The van der Waals surface area contributed by atoms with Gasteiger partial charge in [-0.25, -0.2) is 4.39 Å². The van der Waals surface area contributed by atoms with Crippen LogP contribution in [0.5, 0.6) is 0 Å². The lowest BCUT2D eigenvalue weighted by Crippen LogP contribution is -1.83. The summed E-state index contributed by atoms with van der Waals surface area (Å²) in [6.07, 6.45) is 1.15. The normalized spacial score (nSPS) is 9.38. The molecule has 1 aromatic rings. The van der Waals surface area contributed by atoms with Crippen molar-refractivity contribution in [3.05, 3.63) is 29.8 Å². The van der Waals surface area contributed by atoms with Gasteiger partial charge in [-0.2, -0.15) is 0 Å². The van der Waals surface area contributed by atoms with Gasteiger partial charge in [-0.1, -0.05) is 0 Å². The summed E-state index contributed by atoms with van der Waals surface area (Å²) in [4.78, 5) is 3.69. The second-order valence-corrected chi connectivity index (χ2v) is 4.58. The zero-order valence-electron chi connectivity index (χ0n) is 6.21. The van der Waals surface area contributed by atoms with Gasteiger partial charge in [-0.15, -0.1) is 11.6 Å². The third-order valence-electron chi connectivity index (χ3n) is 0.926. The molecule has 1 rings (SSSR count). The summed E-state index contributed by atoms with van der Waals surface area (Å²) in [5, 5.41) is 0. The summed E-state index contributed by atoms with van der Waals surface area (Å²) in [7, 11) is 7.36. The van der Waals surface area contributed by atoms with Gasteiger partial charge in [0.15, 0.2) is 31.0 Å². The minimum absolute atomic E-state index is 0.330. The molecule has 0 radical (unpaired) electrons. The Morgan fingerprint density at radius 1 is 1.46 bits per heavy atom. The van der Waals surface area contributed by atoms with Crippen LogP contribution < -0.4 is 0 Å². The molecular weight excluding hydrogens is 259 g/mol. The smallest absolute Gasteiger partial charge is 0.198 e. The molecule has 0 aliphatic carbocycles. The second kappa shape index (κ2) is 7.64. The quantitative estimate of drug-likeness (QED) is 0.577. The Morgan fingerprint density at radius 3 is 2.31 bits per heavy atom. The first-order valence-corrected chi connectivity index (χ1v) is 6.30. The molecule has 0 aliphatic rings. The summed E-state index contributed by atoms with van der Waals surface area (Å²) in [6.45, 7) is 0. The lowest BCUT2D eigenvalue weighted by atomic mass is 10.4. The number of halogens is 4. The molecule has 0 spiro atoms. The van der Waals surface area contributed by atoms with E-state index in [4.69, 9.17) is 16.2 Å². The fourth-order valence-corrected chi connectivity index (χ4v) is 0.644. The van der Waals surface area contributed by atoms with E-state index in [9.17, 15) is 4.39 Å². The molecule has 0 unspecified atom stereocenters. The summed E-state index contributed by atoms with van der Waals surface area (Å²) in [6, 6.07) is 2.90. The van der Waals surface area contributed by atoms with Crippen LogP contribution in [0.3, 0.4) is 0 Å². The van der Waals surface area contributed by atoms with Crippen molar-refractivity contribution in [1.82, 2.24) is 4.98 Å². The van der Waals surface area contributed by atoms with Crippen LogP contribution in [-0.2, 0) is 15.5 Å². The van der Waals surface area contributed by atoms with E-state index >= 15 is 0 Å². The molecule has 0 bridgehead atoms. The zero-order chi connectivity index (χ0) is 10.3. The topological polar surface area (TPSA) is 36.0 Å². The molecular formula is C6H5Cl3FNOS. The SMILES string of the molecule is Fc1ccc(CCl)nc1.[O-][S+](Cl)Cl. The summed E-state index contributed by atoms with van der Waals surface area (Å²) >= 11 is 5.39. The number of pyridine rings is 1. The van der Waals surface area contributed by atoms with Crippen molar-refractivity contribution in [2.24, 2.45) is 0 Å². The second-order valence-electron chi connectivity index (χ2n) is 1.79. The maximum Gasteiger partial charge on any atom is 0.198 e.